The Morgan fingerprint density at radius 3 is 2.38 bits per heavy atom. The first-order chi connectivity index (χ1) is 6.36. The standard InChI is InChI=1S/C11H10O2/c12-7-6-11(9-13)8-10-4-2-1-3-5-10/h1-5,11H,6,8H2. The maximum atomic E-state index is 10.4. The van der Waals surface area contributed by atoms with Gasteiger partial charge in [0.2, 0.25) is 6.29 Å². The molecule has 1 aromatic rings. The maximum absolute atomic E-state index is 10.4. The van der Waals surface area contributed by atoms with Gasteiger partial charge in [0.15, 0.2) is 6.29 Å². The van der Waals surface area contributed by atoms with Gasteiger partial charge in [-0.25, -0.2) is 0 Å². The molecule has 1 unspecified atom stereocenters. The summed E-state index contributed by atoms with van der Waals surface area (Å²) in [5, 5.41) is 0. The number of carbonyl (C=O) groups excluding carboxylic acids is 2. The monoisotopic (exact) mass is 174 g/mol. The van der Waals surface area contributed by atoms with Crippen LogP contribution in [0.3, 0.4) is 0 Å². The Bertz CT molecular complexity index is 267. The molecule has 13 heavy (non-hydrogen) atoms. The van der Waals surface area contributed by atoms with Crippen LogP contribution in [0.25, 0.3) is 0 Å². The summed E-state index contributed by atoms with van der Waals surface area (Å²) in [6, 6.07) is 9.57. The molecule has 0 aliphatic carbocycles. The Morgan fingerprint density at radius 1 is 1.15 bits per heavy atom. The lowest BCUT2D eigenvalue weighted by Crippen LogP contribution is -2.06. The highest BCUT2D eigenvalue weighted by molar-refractivity contribution is 5.63. The van der Waals surface area contributed by atoms with Gasteiger partial charge < -0.3 is 0 Å². The van der Waals surface area contributed by atoms with E-state index in [-0.39, 0.29) is 12.3 Å². The van der Waals surface area contributed by atoms with Gasteiger partial charge in [0.05, 0.1) is 0 Å². The second-order valence-corrected chi connectivity index (χ2v) is 2.85. The topological polar surface area (TPSA) is 34.1 Å². The highest BCUT2D eigenvalue weighted by Gasteiger charge is 2.08. The molecule has 0 heterocycles. The molecule has 0 bridgehead atoms. The van der Waals surface area contributed by atoms with Gasteiger partial charge in [0.25, 0.3) is 0 Å². The molecule has 2 radical (unpaired) electrons. The molecular formula is C11H10O2. The lowest BCUT2D eigenvalue weighted by Gasteiger charge is -2.04. The quantitative estimate of drug-likeness (QED) is 0.677. The molecule has 0 amide bonds. The Kier molecular flexibility index (Phi) is 3.89. The van der Waals surface area contributed by atoms with Crippen molar-refractivity contribution in [1.82, 2.24) is 0 Å². The van der Waals surface area contributed by atoms with E-state index >= 15 is 0 Å². The molecule has 0 spiro atoms. The van der Waals surface area contributed by atoms with Crippen molar-refractivity contribution in [2.45, 2.75) is 12.8 Å². The van der Waals surface area contributed by atoms with Crippen molar-refractivity contribution in [3.05, 3.63) is 35.9 Å². The lowest BCUT2D eigenvalue weighted by molar-refractivity contribution is 0.507. The zero-order valence-electron chi connectivity index (χ0n) is 7.19. The van der Waals surface area contributed by atoms with E-state index in [4.69, 9.17) is 0 Å². The highest BCUT2D eigenvalue weighted by Crippen LogP contribution is 2.08. The fourth-order valence-corrected chi connectivity index (χ4v) is 1.15. The SMILES string of the molecule is O=[C]CC([C]=O)Cc1ccccc1. The van der Waals surface area contributed by atoms with Crippen LogP contribution in [0.4, 0.5) is 0 Å². The zero-order chi connectivity index (χ0) is 9.52. The van der Waals surface area contributed by atoms with Crippen LogP contribution in [0, 0.1) is 5.92 Å². The van der Waals surface area contributed by atoms with Crippen molar-refractivity contribution >= 4 is 12.6 Å². The maximum Gasteiger partial charge on any atom is 0.202 e. The number of benzene rings is 1. The molecule has 0 aromatic heterocycles. The smallest absolute Gasteiger partial charge is 0.202 e. The Morgan fingerprint density at radius 2 is 1.85 bits per heavy atom. The first-order valence-corrected chi connectivity index (χ1v) is 4.13. The largest absolute Gasteiger partial charge is 0.291 e. The Balaban J connectivity index is 2.56. The summed E-state index contributed by atoms with van der Waals surface area (Å²) in [5.74, 6) is -0.347. The summed E-state index contributed by atoms with van der Waals surface area (Å²) >= 11 is 0. The first-order valence-electron chi connectivity index (χ1n) is 4.13. The van der Waals surface area contributed by atoms with E-state index < -0.39 is 0 Å². The number of hydrogen-bond donors (Lipinski definition) is 0. The van der Waals surface area contributed by atoms with Gasteiger partial charge >= 0.3 is 0 Å². The molecule has 2 nitrogen and oxygen atoms in total. The minimum absolute atomic E-state index is 0.137. The molecule has 2 heteroatoms. The zero-order valence-corrected chi connectivity index (χ0v) is 7.19. The van der Waals surface area contributed by atoms with Gasteiger partial charge in [0, 0.05) is 12.3 Å². The van der Waals surface area contributed by atoms with E-state index in [1.807, 2.05) is 36.6 Å². The van der Waals surface area contributed by atoms with E-state index in [0.717, 1.165) is 5.56 Å². The summed E-state index contributed by atoms with van der Waals surface area (Å²) in [6.07, 6.45) is 4.27. The summed E-state index contributed by atoms with van der Waals surface area (Å²) in [5.41, 5.74) is 1.05. The summed E-state index contributed by atoms with van der Waals surface area (Å²) in [4.78, 5) is 20.5. The normalized spacial score (nSPS) is 12.0. The third kappa shape index (κ3) is 3.20. The molecule has 0 saturated heterocycles. The lowest BCUT2D eigenvalue weighted by atomic mass is 9.98. The van der Waals surface area contributed by atoms with Gasteiger partial charge in [-0.1, -0.05) is 30.3 Å². The average Bonchev–Trinajstić information content (AvgIpc) is 2.19. The van der Waals surface area contributed by atoms with Gasteiger partial charge in [-0.05, 0) is 12.0 Å². The third-order valence-corrected chi connectivity index (χ3v) is 1.82. The van der Waals surface area contributed by atoms with Crippen molar-refractivity contribution in [3.63, 3.8) is 0 Å². The van der Waals surface area contributed by atoms with Crippen LogP contribution >= 0.6 is 0 Å². The molecule has 1 rings (SSSR count). The van der Waals surface area contributed by atoms with Crippen LogP contribution in [0.5, 0.6) is 0 Å². The van der Waals surface area contributed by atoms with E-state index in [0.29, 0.717) is 6.42 Å². The average molecular weight is 174 g/mol. The number of hydrogen-bond acceptors (Lipinski definition) is 2. The van der Waals surface area contributed by atoms with Crippen molar-refractivity contribution < 1.29 is 9.59 Å². The van der Waals surface area contributed by atoms with Crippen LogP contribution in [-0.4, -0.2) is 12.6 Å². The summed E-state index contributed by atoms with van der Waals surface area (Å²) < 4.78 is 0. The Hall–Kier alpha value is -1.44. The van der Waals surface area contributed by atoms with Crippen LogP contribution in [0.2, 0.25) is 0 Å². The van der Waals surface area contributed by atoms with E-state index in [1.165, 1.54) is 0 Å². The van der Waals surface area contributed by atoms with Crippen LogP contribution in [0.15, 0.2) is 30.3 Å². The summed E-state index contributed by atoms with van der Waals surface area (Å²) in [7, 11) is 0. The fourth-order valence-electron chi connectivity index (χ4n) is 1.15. The second-order valence-electron chi connectivity index (χ2n) is 2.85. The molecule has 0 fully saturated rings. The molecule has 1 aromatic carbocycles. The van der Waals surface area contributed by atoms with Crippen LogP contribution in [0.1, 0.15) is 12.0 Å². The third-order valence-electron chi connectivity index (χ3n) is 1.82. The van der Waals surface area contributed by atoms with Gasteiger partial charge in [-0.3, -0.25) is 9.59 Å². The van der Waals surface area contributed by atoms with E-state index in [2.05, 4.69) is 0 Å². The van der Waals surface area contributed by atoms with E-state index in [9.17, 15) is 9.59 Å². The van der Waals surface area contributed by atoms with Crippen LogP contribution in [-0.2, 0) is 16.0 Å². The molecule has 66 valence electrons. The predicted octanol–water partition coefficient (Wildman–Crippen LogP) is 1.45. The fraction of sp³-hybridized carbons (Fsp3) is 0.273. The Labute approximate surface area is 77.6 Å². The highest BCUT2D eigenvalue weighted by atomic mass is 16.1. The minimum atomic E-state index is -0.347. The molecule has 0 aliphatic heterocycles. The molecule has 0 N–H and O–H groups in total. The second kappa shape index (κ2) is 5.25. The van der Waals surface area contributed by atoms with Crippen molar-refractivity contribution in [1.29, 1.82) is 0 Å². The van der Waals surface area contributed by atoms with Gasteiger partial charge in [0.1, 0.15) is 0 Å². The first kappa shape index (κ1) is 9.65. The van der Waals surface area contributed by atoms with Crippen molar-refractivity contribution in [2.24, 2.45) is 5.92 Å². The van der Waals surface area contributed by atoms with E-state index in [1.54, 1.807) is 6.29 Å². The molecule has 0 aliphatic rings. The summed E-state index contributed by atoms with van der Waals surface area (Å²) in [6.45, 7) is 0. The molecule has 1 atom stereocenters. The molecular weight excluding hydrogens is 164 g/mol. The molecule has 0 saturated carbocycles. The van der Waals surface area contributed by atoms with Crippen LogP contribution < -0.4 is 0 Å². The minimum Gasteiger partial charge on any atom is -0.291 e. The van der Waals surface area contributed by atoms with Gasteiger partial charge in [-0.2, -0.15) is 0 Å². The predicted molar refractivity (Wildman–Crippen MR) is 49.6 cm³/mol. The number of rotatable bonds is 5. The van der Waals surface area contributed by atoms with Gasteiger partial charge in [-0.15, -0.1) is 0 Å². The van der Waals surface area contributed by atoms with Crippen molar-refractivity contribution in [3.8, 4) is 0 Å². The van der Waals surface area contributed by atoms with Crippen molar-refractivity contribution in [2.75, 3.05) is 0 Å².